The summed E-state index contributed by atoms with van der Waals surface area (Å²) in [5.41, 5.74) is 10.2. The first kappa shape index (κ1) is 11.1. The van der Waals surface area contributed by atoms with Gasteiger partial charge in [-0.15, -0.1) is 0 Å². The van der Waals surface area contributed by atoms with Gasteiger partial charge in [-0.05, 0) is 41.0 Å². The van der Waals surface area contributed by atoms with Crippen molar-refractivity contribution in [3.05, 3.63) is 54.1 Å². The maximum Gasteiger partial charge on any atom is 0.0314 e. The van der Waals surface area contributed by atoms with Crippen molar-refractivity contribution >= 4 is 18.3 Å². The Morgan fingerprint density at radius 3 is 1.81 bits per heavy atom. The monoisotopic (exact) mass is 229 g/mol. The molecule has 16 heavy (non-hydrogen) atoms. The van der Waals surface area contributed by atoms with Gasteiger partial charge in [-0.2, -0.15) is 12.6 Å². The molecule has 0 radical (unpaired) electrons. The van der Waals surface area contributed by atoms with Crippen LogP contribution in [0.2, 0.25) is 0 Å². The summed E-state index contributed by atoms with van der Waals surface area (Å²) >= 11 is 4.23. The van der Waals surface area contributed by atoms with Crippen LogP contribution >= 0.6 is 12.6 Å². The summed E-state index contributed by atoms with van der Waals surface area (Å²) < 4.78 is 0. The minimum atomic E-state index is 0.801. The lowest BCUT2D eigenvalue weighted by molar-refractivity contribution is 1.16. The maximum absolute atomic E-state index is 5.66. The molecule has 0 saturated heterocycles. The van der Waals surface area contributed by atoms with Crippen molar-refractivity contribution in [3.63, 3.8) is 0 Å². The van der Waals surface area contributed by atoms with E-state index in [9.17, 15) is 0 Å². The molecular weight excluding hydrogens is 214 g/mol. The molecule has 82 valence electrons. The first-order valence-electron chi connectivity index (χ1n) is 5.35. The first-order chi connectivity index (χ1) is 7.79. The van der Waals surface area contributed by atoms with Gasteiger partial charge in [-0.3, -0.25) is 0 Å². The molecule has 2 rings (SSSR count). The Balaban J connectivity index is 2.24. The van der Waals surface area contributed by atoms with E-state index in [0.29, 0.717) is 0 Å². The highest BCUT2D eigenvalue weighted by Gasteiger charge is 1.97. The van der Waals surface area contributed by atoms with Gasteiger partial charge in [0.05, 0.1) is 0 Å². The Hall–Kier alpha value is -1.41. The smallest absolute Gasteiger partial charge is 0.0314 e. The fourth-order valence-electron chi connectivity index (χ4n) is 1.67. The second kappa shape index (κ2) is 5.08. The van der Waals surface area contributed by atoms with Gasteiger partial charge >= 0.3 is 0 Å². The number of rotatable bonds is 3. The average Bonchev–Trinajstić information content (AvgIpc) is 2.32. The highest BCUT2D eigenvalue weighted by atomic mass is 32.1. The molecule has 1 nitrogen and oxygen atoms in total. The van der Waals surface area contributed by atoms with Gasteiger partial charge < -0.3 is 5.73 Å². The van der Waals surface area contributed by atoms with Crippen molar-refractivity contribution in [3.8, 4) is 11.1 Å². The molecule has 0 amide bonds. The van der Waals surface area contributed by atoms with Crippen LogP contribution in [0.15, 0.2) is 48.5 Å². The normalized spacial score (nSPS) is 10.3. The van der Waals surface area contributed by atoms with Crippen LogP contribution in [-0.4, -0.2) is 5.75 Å². The lowest BCUT2D eigenvalue weighted by atomic mass is 10.0. The summed E-state index contributed by atoms with van der Waals surface area (Å²) in [4.78, 5) is 0. The topological polar surface area (TPSA) is 26.0 Å². The third-order valence-electron chi connectivity index (χ3n) is 2.60. The Morgan fingerprint density at radius 2 is 1.31 bits per heavy atom. The molecule has 2 N–H and O–H groups in total. The number of aryl methyl sites for hydroxylation is 1. The van der Waals surface area contributed by atoms with Gasteiger partial charge in [0.25, 0.3) is 0 Å². The molecule has 0 atom stereocenters. The zero-order valence-electron chi connectivity index (χ0n) is 9.06. The highest BCUT2D eigenvalue weighted by Crippen LogP contribution is 2.21. The molecule has 0 heterocycles. The summed E-state index contributed by atoms with van der Waals surface area (Å²) in [6, 6.07) is 16.5. The van der Waals surface area contributed by atoms with Gasteiger partial charge in [-0.25, -0.2) is 0 Å². The molecule has 0 bridgehead atoms. The minimum Gasteiger partial charge on any atom is -0.399 e. The van der Waals surface area contributed by atoms with Crippen molar-refractivity contribution in [2.45, 2.75) is 6.42 Å². The molecule has 0 fully saturated rings. The van der Waals surface area contributed by atoms with E-state index in [0.717, 1.165) is 17.9 Å². The zero-order chi connectivity index (χ0) is 11.4. The second-order valence-corrected chi connectivity index (χ2v) is 4.24. The number of anilines is 1. The lowest BCUT2D eigenvalue weighted by Crippen LogP contribution is -1.87. The van der Waals surface area contributed by atoms with Crippen molar-refractivity contribution < 1.29 is 0 Å². The van der Waals surface area contributed by atoms with E-state index in [2.05, 4.69) is 36.9 Å². The zero-order valence-corrected chi connectivity index (χ0v) is 9.95. The van der Waals surface area contributed by atoms with Crippen LogP contribution < -0.4 is 5.73 Å². The molecule has 0 unspecified atom stereocenters. The predicted molar refractivity (Wildman–Crippen MR) is 73.8 cm³/mol. The molecular formula is C14H15NS. The minimum absolute atomic E-state index is 0.801. The second-order valence-electron chi connectivity index (χ2n) is 3.79. The standard InChI is InChI=1S/C14H15NS/c15-14-7-5-13(6-8-14)12-3-1-11(2-4-12)9-10-16/h1-8,16H,9-10,15H2. The fraction of sp³-hybridized carbons (Fsp3) is 0.143. The fourth-order valence-corrected chi connectivity index (χ4v) is 1.93. The van der Waals surface area contributed by atoms with Crippen LogP contribution in [0.25, 0.3) is 11.1 Å². The number of nitrogens with two attached hydrogens (primary N) is 1. The van der Waals surface area contributed by atoms with E-state index in [1.54, 1.807) is 0 Å². The largest absolute Gasteiger partial charge is 0.399 e. The van der Waals surface area contributed by atoms with E-state index in [1.807, 2.05) is 24.3 Å². The Kier molecular flexibility index (Phi) is 3.52. The van der Waals surface area contributed by atoms with Gasteiger partial charge in [-0.1, -0.05) is 36.4 Å². The summed E-state index contributed by atoms with van der Waals surface area (Å²) in [7, 11) is 0. The van der Waals surface area contributed by atoms with E-state index in [4.69, 9.17) is 5.73 Å². The Bertz CT molecular complexity index is 445. The van der Waals surface area contributed by atoms with E-state index >= 15 is 0 Å². The molecule has 2 heteroatoms. The van der Waals surface area contributed by atoms with Crippen LogP contribution in [-0.2, 0) is 6.42 Å². The molecule has 0 aliphatic rings. The molecule has 0 spiro atoms. The highest BCUT2D eigenvalue weighted by molar-refractivity contribution is 7.80. The summed E-state index contributed by atoms with van der Waals surface area (Å²) in [5, 5.41) is 0. The van der Waals surface area contributed by atoms with Crippen LogP contribution in [0.4, 0.5) is 5.69 Å². The molecule has 2 aromatic carbocycles. The number of hydrogen-bond acceptors (Lipinski definition) is 2. The van der Waals surface area contributed by atoms with Gasteiger partial charge in [0.1, 0.15) is 0 Å². The van der Waals surface area contributed by atoms with Crippen LogP contribution in [0.5, 0.6) is 0 Å². The van der Waals surface area contributed by atoms with Crippen LogP contribution in [0.1, 0.15) is 5.56 Å². The maximum atomic E-state index is 5.66. The molecule has 0 saturated carbocycles. The third kappa shape index (κ3) is 2.58. The average molecular weight is 229 g/mol. The van der Waals surface area contributed by atoms with Crippen LogP contribution in [0, 0.1) is 0 Å². The molecule has 2 aromatic rings. The third-order valence-corrected chi connectivity index (χ3v) is 2.82. The summed E-state index contributed by atoms with van der Waals surface area (Å²) in [5.74, 6) is 0.890. The molecule has 0 aromatic heterocycles. The number of nitrogen functional groups attached to an aromatic ring is 1. The number of benzene rings is 2. The van der Waals surface area contributed by atoms with Crippen LogP contribution in [0.3, 0.4) is 0 Å². The van der Waals surface area contributed by atoms with Crippen molar-refractivity contribution in [1.29, 1.82) is 0 Å². The van der Waals surface area contributed by atoms with Crippen molar-refractivity contribution in [2.24, 2.45) is 0 Å². The van der Waals surface area contributed by atoms with E-state index in [-0.39, 0.29) is 0 Å². The predicted octanol–water partition coefficient (Wildman–Crippen LogP) is 3.41. The van der Waals surface area contributed by atoms with Gasteiger partial charge in [0.2, 0.25) is 0 Å². The number of hydrogen-bond donors (Lipinski definition) is 2. The van der Waals surface area contributed by atoms with Crippen molar-refractivity contribution in [1.82, 2.24) is 0 Å². The van der Waals surface area contributed by atoms with Crippen molar-refractivity contribution in [2.75, 3.05) is 11.5 Å². The van der Waals surface area contributed by atoms with E-state index in [1.165, 1.54) is 16.7 Å². The summed E-state index contributed by atoms with van der Waals surface area (Å²) in [6.07, 6.45) is 1.02. The van der Waals surface area contributed by atoms with Gasteiger partial charge in [0.15, 0.2) is 0 Å². The summed E-state index contributed by atoms with van der Waals surface area (Å²) in [6.45, 7) is 0. The lowest BCUT2D eigenvalue weighted by Gasteiger charge is -2.04. The first-order valence-corrected chi connectivity index (χ1v) is 5.98. The Labute approximate surface area is 102 Å². The Morgan fingerprint density at radius 1 is 0.812 bits per heavy atom. The van der Waals surface area contributed by atoms with Gasteiger partial charge in [0, 0.05) is 5.69 Å². The number of thiol groups is 1. The molecule has 0 aliphatic carbocycles. The SMILES string of the molecule is Nc1ccc(-c2ccc(CCS)cc2)cc1. The molecule has 0 aliphatic heterocycles. The van der Waals surface area contributed by atoms with E-state index < -0.39 is 0 Å². The quantitative estimate of drug-likeness (QED) is 0.612.